The second kappa shape index (κ2) is 10.3. The van der Waals surface area contributed by atoms with Gasteiger partial charge in [-0.1, -0.05) is 36.4 Å². The third kappa shape index (κ3) is 5.73. The SMILES string of the molecule is O=C(NCCc1cccs1)c1cccc(C2CCCN(C(=O)Nc3ccccc3)C2)c1. The summed E-state index contributed by atoms with van der Waals surface area (Å²) in [5, 5.41) is 8.04. The lowest BCUT2D eigenvalue weighted by Crippen LogP contribution is -2.41. The van der Waals surface area contributed by atoms with Crippen molar-refractivity contribution in [3.05, 3.63) is 88.1 Å². The predicted molar refractivity (Wildman–Crippen MR) is 126 cm³/mol. The molecule has 160 valence electrons. The van der Waals surface area contributed by atoms with Crippen molar-refractivity contribution in [2.45, 2.75) is 25.2 Å². The first-order chi connectivity index (χ1) is 15.2. The van der Waals surface area contributed by atoms with Gasteiger partial charge in [0.25, 0.3) is 5.91 Å². The van der Waals surface area contributed by atoms with Gasteiger partial charge in [-0.15, -0.1) is 11.3 Å². The number of rotatable bonds is 6. The number of carbonyl (C=O) groups excluding carboxylic acids is 2. The highest BCUT2D eigenvalue weighted by molar-refractivity contribution is 7.09. The van der Waals surface area contributed by atoms with Gasteiger partial charge in [0, 0.05) is 41.7 Å². The van der Waals surface area contributed by atoms with Gasteiger partial charge >= 0.3 is 6.03 Å². The molecule has 0 aliphatic carbocycles. The summed E-state index contributed by atoms with van der Waals surface area (Å²) in [5.74, 6) is 0.182. The summed E-state index contributed by atoms with van der Waals surface area (Å²) in [7, 11) is 0. The first-order valence-corrected chi connectivity index (χ1v) is 11.6. The van der Waals surface area contributed by atoms with Crippen molar-refractivity contribution < 1.29 is 9.59 Å². The van der Waals surface area contributed by atoms with Crippen molar-refractivity contribution in [1.82, 2.24) is 10.2 Å². The predicted octanol–water partition coefficient (Wildman–Crippen LogP) is 5.13. The van der Waals surface area contributed by atoms with E-state index in [0.717, 1.165) is 37.1 Å². The summed E-state index contributed by atoms with van der Waals surface area (Å²) >= 11 is 1.71. The molecule has 4 rings (SSSR count). The number of piperidine rings is 1. The molecule has 1 atom stereocenters. The topological polar surface area (TPSA) is 61.4 Å². The molecule has 2 heterocycles. The molecular formula is C25H27N3O2S. The van der Waals surface area contributed by atoms with Crippen molar-refractivity contribution in [3.63, 3.8) is 0 Å². The Kier molecular flexibility index (Phi) is 6.99. The van der Waals surface area contributed by atoms with Gasteiger partial charge < -0.3 is 15.5 Å². The van der Waals surface area contributed by atoms with Crippen LogP contribution in [0.15, 0.2) is 72.1 Å². The maximum absolute atomic E-state index is 12.7. The number of hydrogen-bond acceptors (Lipinski definition) is 3. The number of anilines is 1. The van der Waals surface area contributed by atoms with E-state index in [1.807, 2.05) is 64.9 Å². The molecule has 31 heavy (non-hydrogen) atoms. The van der Waals surface area contributed by atoms with Crippen molar-refractivity contribution in [3.8, 4) is 0 Å². The Morgan fingerprint density at radius 2 is 1.90 bits per heavy atom. The summed E-state index contributed by atoms with van der Waals surface area (Å²) in [4.78, 5) is 28.4. The minimum Gasteiger partial charge on any atom is -0.352 e. The number of carbonyl (C=O) groups is 2. The Hall–Kier alpha value is -3.12. The molecule has 1 aliphatic heterocycles. The molecule has 3 amide bonds. The lowest BCUT2D eigenvalue weighted by molar-refractivity contribution is 0.0954. The maximum Gasteiger partial charge on any atom is 0.321 e. The molecule has 1 aromatic heterocycles. The molecule has 1 fully saturated rings. The molecule has 3 aromatic rings. The fourth-order valence-corrected chi connectivity index (χ4v) is 4.66. The van der Waals surface area contributed by atoms with E-state index in [1.165, 1.54) is 4.88 Å². The highest BCUT2D eigenvalue weighted by Gasteiger charge is 2.25. The van der Waals surface area contributed by atoms with Crippen molar-refractivity contribution in [2.75, 3.05) is 25.0 Å². The van der Waals surface area contributed by atoms with Crippen LogP contribution in [0.4, 0.5) is 10.5 Å². The number of benzene rings is 2. The Bertz CT molecular complexity index is 1000. The Balaban J connectivity index is 1.35. The fraction of sp³-hybridized carbons (Fsp3) is 0.280. The van der Waals surface area contributed by atoms with Crippen molar-refractivity contribution in [2.24, 2.45) is 0 Å². The summed E-state index contributed by atoms with van der Waals surface area (Å²) in [5.41, 5.74) is 2.59. The largest absolute Gasteiger partial charge is 0.352 e. The maximum atomic E-state index is 12.7. The van der Waals surface area contributed by atoms with E-state index in [-0.39, 0.29) is 17.9 Å². The van der Waals surface area contributed by atoms with Crippen molar-refractivity contribution in [1.29, 1.82) is 0 Å². The summed E-state index contributed by atoms with van der Waals surface area (Å²) in [6.07, 6.45) is 2.81. The highest BCUT2D eigenvalue weighted by atomic mass is 32.1. The van der Waals surface area contributed by atoms with E-state index < -0.39 is 0 Å². The van der Waals surface area contributed by atoms with E-state index >= 15 is 0 Å². The Morgan fingerprint density at radius 1 is 1.03 bits per heavy atom. The molecule has 6 heteroatoms. The van der Waals surface area contributed by atoms with Crippen LogP contribution in [0.2, 0.25) is 0 Å². The van der Waals surface area contributed by atoms with Gasteiger partial charge in [-0.25, -0.2) is 4.79 Å². The van der Waals surface area contributed by atoms with E-state index in [1.54, 1.807) is 11.3 Å². The van der Waals surface area contributed by atoms with E-state index in [4.69, 9.17) is 0 Å². The number of nitrogens with zero attached hydrogens (tertiary/aromatic N) is 1. The van der Waals surface area contributed by atoms with E-state index in [2.05, 4.69) is 22.8 Å². The van der Waals surface area contributed by atoms with Gasteiger partial charge in [0.1, 0.15) is 0 Å². The molecule has 1 saturated heterocycles. The van der Waals surface area contributed by atoms with Crippen LogP contribution in [0.1, 0.15) is 39.6 Å². The van der Waals surface area contributed by atoms with Gasteiger partial charge in [-0.05, 0) is 60.5 Å². The van der Waals surface area contributed by atoms with Gasteiger partial charge in [0.15, 0.2) is 0 Å². The van der Waals surface area contributed by atoms with E-state index in [0.29, 0.717) is 18.7 Å². The first kappa shape index (κ1) is 21.1. The van der Waals surface area contributed by atoms with Crippen LogP contribution in [-0.2, 0) is 6.42 Å². The van der Waals surface area contributed by atoms with Crippen molar-refractivity contribution >= 4 is 29.0 Å². The number of hydrogen-bond donors (Lipinski definition) is 2. The third-order valence-electron chi connectivity index (χ3n) is 5.59. The molecule has 0 saturated carbocycles. The number of nitrogens with one attached hydrogen (secondary N) is 2. The highest BCUT2D eigenvalue weighted by Crippen LogP contribution is 2.28. The molecule has 2 aromatic carbocycles. The lowest BCUT2D eigenvalue weighted by atomic mass is 9.89. The molecule has 1 aliphatic rings. The van der Waals surface area contributed by atoms with Crippen LogP contribution >= 0.6 is 11.3 Å². The number of para-hydroxylation sites is 1. The summed E-state index contributed by atoms with van der Waals surface area (Å²) < 4.78 is 0. The number of urea groups is 1. The first-order valence-electron chi connectivity index (χ1n) is 10.7. The minimum absolute atomic E-state index is 0.0482. The third-order valence-corrected chi connectivity index (χ3v) is 6.53. The molecule has 2 N–H and O–H groups in total. The zero-order chi connectivity index (χ0) is 21.5. The number of thiophene rings is 1. The Labute approximate surface area is 187 Å². The monoisotopic (exact) mass is 433 g/mol. The summed E-state index contributed by atoms with van der Waals surface area (Å²) in [6.45, 7) is 2.03. The van der Waals surface area contributed by atoms with Crippen LogP contribution < -0.4 is 10.6 Å². The zero-order valence-corrected chi connectivity index (χ0v) is 18.2. The van der Waals surface area contributed by atoms with Crippen LogP contribution in [-0.4, -0.2) is 36.5 Å². The molecule has 0 radical (unpaired) electrons. The normalized spacial score (nSPS) is 16.0. The summed E-state index contributed by atoms with van der Waals surface area (Å²) in [6, 6.07) is 21.4. The number of amides is 3. The average Bonchev–Trinajstić information content (AvgIpc) is 3.33. The standard InChI is InChI=1S/C25H27N3O2S/c29-24(26-14-13-23-12-6-16-31-23)20-8-4-7-19(17-20)21-9-5-15-28(18-21)25(30)27-22-10-2-1-3-11-22/h1-4,6-8,10-12,16-17,21H,5,9,13-15,18H2,(H,26,29)(H,27,30). The average molecular weight is 434 g/mol. The van der Waals surface area contributed by atoms with Crippen LogP contribution in [0.3, 0.4) is 0 Å². The Morgan fingerprint density at radius 3 is 2.71 bits per heavy atom. The van der Waals surface area contributed by atoms with Gasteiger partial charge in [0.2, 0.25) is 0 Å². The molecule has 5 nitrogen and oxygen atoms in total. The quantitative estimate of drug-likeness (QED) is 0.566. The second-order valence-corrected chi connectivity index (χ2v) is 8.82. The van der Waals surface area contributed by atoms with Crippen LogP contribution in [0.25, 0.3) is 0 Å². The molecule has 1 unspecified atom stereocenters. The second-order valence-electron chi connectivity index (χ2n) is 7.79. The van der Waals surface area contributed by atoms with Crippen LogP contribution in [0, 0.1) is 0 Å². The number of likely N-dealkylation sites (tertiary alicyclic amines) is 1. The molecule has 0 spiro atoms. The minimum atomic E-state index is -0.0709. The zero-order valence-electron chi connectivity index (χ0n) is 17.4. The fourth-order valence-electron chi connectivity index (χ4n) is 3.95. The van der Waals surface area contributed by atoms with Gasteiger partial charge in [-0.2, -0.15) is 0 Å². The molecule has 0 bridgehead atoms. The molecular weight excluding hydrogens is 406 g/mol. The van der Waals surface area contributed by atoms with Gasteiger partial charge in [0.05, 0.1) is 0 Å². The van der Waals surface area contributed by atoms with Gasteiger partial charge in [-0.3, -0.25) is 4.79 Å². The lowest BCUT2D eigenvalue weighted by Gasteiger charge is -2.33. The van der Waals surface area contributed by atoms with Crippen LogP contribution in [0.5, 0.6) is 0 Å². The smallest absolute Gasteiger partial charge is 0.321 e. The van der Waals surface area contributed by atoms with E-state index in [9.17, 15) is 9.59 Å².